The number of anilines is 2. The zero-order valence-electron chi connectivity index (χ0n) is 6.43. The van der Waals surface area contributed by atoms with Crippen LogP contribution in [0.4, 0.5) is 11.8 Å². The Balaban J connectivity index is 3.36. The first-order valence-electron chi connectivity index (χ1n) is 3.19. The molecule has 0 aliphatic heterocycles. The molecule has 60 valence electrons. The van der Waals surface area contributed by atoms with Gasteiger partial charge in [-0.15, -0.1) is 0 Å². The molecule has 5 heteroatoms. The van der Waals surface area contributed by atoms with Crippen LogP contribution in [-0.4, -0.2) is 17.0 Å². The van der Waals surface area contributed by atoms with Crippen LogP contribution in [0.2, 0.25) is 0 Å². The highest BCUT2D eigenvalue weighted by Gasteiger charge is 2.02. The van der Waals surface area contributed by atoms with E-state index in [2.05, 4.69) is 15.3 Å². The molecule has 0 aliphatic rings. The van der Waals surface area contributed by atoms with Gasteiger partial charge in [0.25, 0.3) is 5.56 Å². The Hall–Kier alpha value is -1.52. The SMILES string of the molecule is CNc1nc(N)[nH]c(=O)c1C. The van der Waals surface area contributed by atoms with E-state index >= 15 is 0 Å². The van der Waals surface area contributed by atoms with Crippen LogP contribution < -0.4 is 16.6 Å². The van der Waals surface area contributed by atoms with Gasteiger partial charge in [-0.2, -0.15) is 4.98 Å². The monoisotopic (exact) mass is 154 g/mol. The maximum absolute atomic E-state index is 11.0. The molecule has 0 bridgehead atoms. The molecule has 0 radical (unpaired) electrons. The summed E-state index contributed by atoms with van der Waals surface area (Å²) in [5.74, 6) is 0.649. The lowest BCUT2D eigenvalue weighted by molar-refractivity contribution is 1.09. The van der Waals surface area contributed by atoms with Crippen molar-refractivity contribution in [1.82, 2.24) is 9.97 Å². The van der Waals surface area contributed by atoms with Gasteiger partial charge in [-0.25, -0.2) is 0 Å². The molecule has 0 atom stereocenters. The summed E-state index contributed by atoms with van der Waals surface area (Å²) in [7, 11) is 1.69. The molecule has 0 spiro atoms. The number of H-pyrrole nitrogens is 1. The predicted molar refractivity (Wildman–Crippen MR) is 43.6 cm³/mol. The first-order chi connectivity index (χ1) is 5.15. The number of hydrogen-bond donors (Lipinski definition) is 3. The third kappa shape index (κ3) is 1.31. The summed E-state index contributed by atoms with van der Waals surface area (Å²) in [6.07, 6.45) is 0. The third-order valence-electron chi connectivity index (χ3n) is 1.41. The summed E-state index contributed by atoms with van der Waals surface area (Å²) in [6, 6.07) is 0. The molecule has 11 heavy (non-hydrogen) atoms. The van der Waals surface area contributed by atoms with E-state index in [9.17, 15) is 4.79 Å². The van der Waals surface area contributed by atoms with Crippen LogP contribution in [0.15, 0.2) is 4.79 Å². The average molecular weight is 154 g/mol. The summed E-state index contributed by atoms with van der Waals surface area (Å²) >= 11 is 0. The minimum atomic E-state index is -0.207. The van der Waals surface area contributed by atoms with E-state index in [1.165, 1.54) is 0 Å². The third-order valence-corrected chi connectivity index (χ3v) is 1.41. The van der Waals surface area contributed by atoms with Crippen molar-refractivity contribution in [2.24, 2.45) is 0 Å². The highest BCUT2D eigenvalue weighted by atomic mass is 16.1. The van der Waals surface area contributed by atoms with Crippen LogP contribution in [0.1, 0.15) is 5.56 Å². The number of nitrogens with two attached hydrogens (primary N) is 1. The fourth-order valence-corrected chi connectivity index (χ4v) is 0.793. The molecule has 4 N–H and O–H groups in total. The fraction of sp³-hybridized carbons (Fsp3) is 0.333. The Morgan fingerprint density at radius 2 is 2.27 bits per heavy atom. The van der Waals surface area contributed by atoms with Crippen molar-refractivity contribution in [3.05, 3.63) is 15.9 Å². The molecule has 1 heterocycles. The normalized spacial score (nSPS) is 9.64. The van der Waals surface area contributed by atoms with Gasteiger partial charge in [0.2, 0.25) is 5.95 Å². The molecule has 5 nitrogen and oxygen atoms in total. The second-order valence-corrected chi connectivity index (χ2v) is 2.17. The lowest BCUT2D eigenvalue weighted by Gasteiger charge is -2.02. The summed E-state index contributed by atoms with van der Waals surface area (Å²) in [5.41, 5.74) is 5.63. The lowest BCUT2D eigenvalue weighted by Crippen LogP contribution is -2.16. The van der Waals surface area contributed by atoms with Crippen LogP contribution in [0.25, 0.3) is 0 Å². The van der Waals surface area contributed by atoms with Crippen molar-refractivity contribution >= 4 is 11.8 Å². The first-order valence-corrected chi connectivity index (χ1v) is 3.19. The van der Waals surface area contributed by atoms with Crippen molar-refractivity contribution in [2.45, 2.75) is 6.92 Å². The number of nitrogen functional groups attached to an aromatic ring is 1. The van der Waals surface area contributed by atoms with E-state index in [1.807, 2.05) is 0 Å². The van der Waals surface area contributed by atoms with E-state index in [4.69, 9.17) is 5.73 Å². The zero-order valence-corrected chi connectivity index (χ0v) is 6.43. The maximum Gasteiger partial charge on any atom is 0.257 e. The van der Waals surface area contributed by atoms with Gasteiger partial charge in [-0.05, 0) is 6.92 Å². The number of aromatic nitrogens is 2. The molecule has 0 unspecified atom stereocenters. The van der Waals surface area contributed by atoms with E-state index in [-0.39, 0.29) is 11.5 Å². The number of hydrogen-bond acceptors (Lipinski definition) is 4. The Labute approximate surface area is 63.7 Å². The van der Waals surface area contributed by atoms with E-state index in [0.29, 0.717) is 11.4 Å². The zero-order chi connectivity index (χ0) is 8.43. The van der Waals surface area contributed by atoms with Crippen molar-refractivity contribution in [3.63, 3.8) is 0 Å². The van der Waals surface area contributed by atoms with Crippen LogP contribution in [0.5, 0.6) is 0 Å². The molecule has 0 aliphatic carbocycles. The van der Waals surface area contributed by atoms with Crippen molar-refractivity contribution < 1.29 is 0 Å². The van der Waals surface area contributed by atoms with E-state index < -0.39 is 0 Å². The minimum Gasteiger partial charge on any atom is -0.373 e. The number of nitrogens with zero attached hydrogens (tertiary/aromatic N) is 1. The van der Waals surface area contributed by atoms with Gasteiger partial charge < -0.3 is 11.1 Å². The Kier molecular flexibility index (Phi) is 1.80. The van der Waals surface area contributed by atoms with Crippen LogP contribution in [-0.2, 0) is 0 Å². The predicted octanol–water partition coefficient (Wildman–Crippen LogP) is -0.298. The summed E-state index contributed by atoms with van der Waals surface area (Å²) in [5, 5.41) is 2.77. The molecule has 1 aromatic heterocycles. The van der Waals surface area contributed by atoms with Crippen LogP contribution in [0.3, 0.4) is 0 Å². The maximum atomic E-state index is 11.0. The Bertz CT molecular complexity index is 317. The number of aromatic amines is 1. The van der Waals surface area contributed by atoms with Gasteiger partial charge in [0.15, 0.2) is 0 Å². The Morgan fingerprint density at radius 1 is 1.64 bits per heavy atom. The molecule has 1 rings (SSSR count). The summed E-state index contributed by atoms with van der Waals surface area (Å²) in [6.45, 7) is 1.68. The number of rotatable bonds is 1. The summed E-state index contributed by atoms with van der Waals surface area (Å²) < 4.78 is 0. The van der Waals surface area contributed by atoms with Crippen molar-refractivity contribution in [2.75, 3.05) is 18.1 Å². The smallest absolute Gasteiger partial charge is 0.257 e. The highest BCUT2D eigenvalue weighted by Crippen LogP contribution is 2.04. The Morgan fingerprint density at radius 3 is 2.82 bits per heavy atom. The van der Waals surface area contributed by atoms with Gasteiger partial charge in [0.1, 0.15) is 5.82 Å². The largest absolute Gasteiger partial charge is 0.373 e. The van der Waals surface area contributed by atoms with E-state index in [0.717, 1.165) is 0 Å². The highest BCUT2D eigenvalue weighted by molar-refractivity contribution is 5.44. The molecule has 0 amide bonds. The summed E-state index contributed by atoms with van der Waals surface area (Å²) in [4.78, 5) is 17.3. The molecular formula is C6H10N4O. The van der Waals surface area contributed by atoms with Gasteiger partial charge in [-0.3, -0.25) is 9.78 Å². The molecule has 1 aromatic rings. The topological polar surface area (TPSA) is 83.8 Å². The minimum absolute atomic E-state index is 0.130. The fourth-order valence-electron chi connectivity index (χ4n) is 0.793. The van der Waals surface area contributed by atoms with Gasteiger partial charge >= 0.3 is 0 Å². The van der Waals surface area contributed by atoms with Crippen molar-refractivity contribution in [3.8, 4) is 0 Å². The molecule has 0 fully saturated rings. The van der Waals surface area contributed by atoms with E-state index in [1.54, 1.807) is 14.0 Å². The molecule has 0 saturated carbocycles. The van der Waals surface area contributed by atoms with Crippen molar-refractivity contribution in [1.29, 1.82) is 0 Å². The van der Waals surface area contributed by atoms with Crippen LogP contribution >= 0.6 is 0 Å². The lowest BCUT2D eigenvalue weighted by atomic mass is 10.3. The molecule has 0 aromatic carbocycles. The average Bonchev–Trinajstić information content (AvgIpc) is 1.96. The van der Waals surface area contributed by atoms with Gasteiger partial charge in [-0.1, -0.05) is 0 Å². The second kappa shape index (κ2) is 2.61. The van der Waals surface area contributed by atoms with Gasteiger partial charge in [0.05, 0.1) is 5.56 Å². The molecule has 0 saturated heterocycles. The van der Waals surface area contributed by atoms with Gasteiger partial charge in [0, 0.05) is 7.05 Å². The molecular weight excluding hydrogens is 144 g/mol. The van der Waals surface area contributed by atoms with Crippen LogP contribution in [0, 0.1) is 6.92 Å². The second-order valence-electron chi connectivity index (χ2n) is 2.17. The standard InChI is InChI=1S/C6H10N4O/c1-3-4(8-2)9-6(7)10-5(3)11/h1-2H3,(H4,7,8,9,10,11). The first kappa shape index (κ1) is 7.59. The number of nitrogens with one attached hydrogen (secondary N) is 2. The quantitative estimate of drug-likeness (QED) is 0.518.